The monoisotopic (exact) mass is 537 g/mol. The lowest BCUT2D eigenvalue weighted by molar-refractivity contribution is -0.143. The van der Waals surface area contributed by atoms with Crippen molar-refractivity contribution in [1.29, 1.82) is 0 Å². The zero-order valence-electron chi connectivity index (χ0n) is 21.6. The van der Waals surface area contributed by atoms with Crippen molar-refractivity contribution in [2.24, 2.45) is 28.1 Å². The minimum Gasteiger partial charge on any atom is -0.508 e. The maximum atomic E-state index is 13.3. The molecular formula is C24H39N7O7. The maximum absolute atomic E-state index is 13.3. The van der Waals surface area contributed by atoms with Crippen LogP contribution in [0, 0.1) is 5.92 Å². The van der Waals surface area contributed by atoms with E-state index in [1.807, 2.05) is 0 Å². The van der Waals surface area contributed by atoms with Gasteiger partial charge in [0.15, 0.2) is 5.96 Å². The van der Waals surface area contributed by atoms with Gasteiger partial charge in [0.25, 0.3) is 0 Å². The highest BCUT2D eigenvalue weighted by Crippen LogP contribution is 2.13. The lowest BCUT2D eigenvalue weighted by Gasteiger charge is -2.28. The average Bonchev–Trinajstić information content (AvgIpc) is 2.88. The number of aliphatic hydroxyl groups is 1. The third-order valence-electron chi connectivity index (χ3n) is 5.90. The predicted octanol–water partition coefficient (Wildman–Crippen LogP) is -2.11. The van der Waals surface area contributed by atoms with Gasteiger partial charge in [-0.1, -0.05) is 32.4 Å². The van der Waals surface area contributed by atoms with Crippen molar-refractivity contribution in [1.82, 2.24) is 16.0 Å². The number of nitrogens with one attached hydrogen (secondary N) is 3. The summed E-state index contributed by atoms with van der Waals surface area (Å²) in [5.74, 6) is -3.95. The summed E-state index contributed by atoms with van der Waals surface area (Å²) in [4.78, 5) is 54.2. The number of carbonyl (C=O) groups is 4. The minimum atomic E-state index is -1.27. The van der Waals surface area contributed by atoms with Crippen LogP contribution in [0.2, 0.25) is 0 Å². The highest BCUT2D eigenvalue weighted by molar-refractivity contribution is 5.94. The Bertz CT molecular complexity index is 967. The van der Waals surface area contributed by atoms with E-state index in [1.54, 1.807) is 26.0 Å². The molecule has 3 amide bonds. The van der Waals surface area contributed by atoms with Gasteiger partial charge >= 0.3 is 5.97 Å². The first-order chi connectivity index (χ1) is 17.9. The summed E-state index contributed by atoms with van der Waals surface area (Å²) in [6.07, 6.45) is 0.817. The Labute approximate surface area is 221 Å². The lowest BCUT2D eigenvalue weighted by atomic mass is 9.96. The molecule has 5 unspecified atom stereocenters. The van der Waals surface area contributed by atoms with Gasteiger partial charge in [-0.15, -0.1) is 0 Å². The molecule has 38 heavy (non-hydrogen) atoms. The Kier molecular flexibility index (Phi) is 13.6. The van der Waals surface area contributed by atoms with Crippen LogP contribution in [0.25, 0.3) is 0 Å². The van der Waals surface area contributed by atoms with Crippen LogP contribution in [0.1, 0.15) is 38.7 Å². The van der Waals surface area contributed by atoms with E-state index in [9.17, 15) is 34.5 Å². The molecule has 14 heteroatoms. The molecule has 0 aromatic heterocycles. The molecule has 1 rings (SSSR count). The quantitative estimate of drug-likeness (QED) is 0.0630. The molecule has 0 saturated heterocycles. The molecule has 0 saturated carbocycles. The number of aliphatic imine (C=N–C) groups is 1. The first-order valence-corrected chi connectivity index (χ1v) is 12.2. The zero-order valence-corrected chi connectivity index (χ0v) is 21.6. The van der Waals surface area contributed by atoms with Gasteiger partial charge in [0, 0.05) is 13.0 Å². The number of phenolic OH excluding ortho intramolecular Hbond substituents is 1. The van der Waals surface area contributed by atoms with Crippen LogP contribution >= 0.6 is 0 Å². The molecule has 12 N–H and O–H groups in total. The first-order valence-electron chi connectivity index (χ1n) is 12.2. The molecule has 1 aromatic carbocycles. The molecule has 0 heterocycles. The summed E-state index contributed by atoms with van der Waals surface area (Å²) in [6, 6.07) is 1.15. The highest BCUT2D eigenvalue weighted by Gasteiger charge is 2.32. The molecule has 0 fully saturated rings. The largest absolute Gasteiger partial charge is 0.508 e. The molecular weight excluding hydrogens is 498 g/mol. The second-order valence-corrected chi connectivity index (χ2v) is 8.94. The van der Waals surface area contributed by atoms with E-state index in [0.29, 0.717) is 18.4 Å². The Hall–Kier alpha value is -3.91. The third kappa shape index (κ3) is 11.0. The first kappa shape index (κ1) is 32.1. The summed E-state index contributed by atoms with van der Waals surface area (Å²) >= 11 is 0. The fourth-order valence-electron chi connectivity index (χ4n) is 3.42. The fraction of sp³-hybridized carbons (Fsp3) is 0.542. The van der Waals surface area contributed by atoms with Gasteiger partial charge in [-0.05, 0) is 36.5 Å². The number of carboxylic acid groups (broad SMARTS) is 1. The topological polar surface area (TPSA) is 255 Å². The van der Waals surface area contributed by atoms with Crippen molar-refractivity contribution in [2.45, 2.75) is 63.7 Å². The average molecular weight is 538 g/mol. The zero-order chi connectivity index (χ0) is 28.8. The second kappa shape index (κ2) is 16.0. The van der Waals surface area contributed by atoms with E-state index in [-0.39, 0.29) is 37.0 Å². The van der Waals surface area contributed by atoms with E-state index >= 15 is 0 Å². The maximum Gasteiger partial charge on any atom is 0.326 e. The normalized spacial score (nSPS) is 14.7. The van der Waals surface area contributed by atoms with E-state index in [2.05, 4.69) is 20.9 Å². The minimum absolute atomic E-state index is 0.00656. The van der Waals surface area contributed by atoms with Gasteiger partial charge < -0.3 is 48.5 Å². The van der Waals surface area contributed by atoms with Gasteiger partial charge in [-0.2, -0.15) is 0 Å². The summed E-state index contributed by atoms with van der Waals surface area (Å²) < 4.78 is 0. The van der Waals surface area contributed by atoms with Crippen molar-refractivity contribution < 1.29 is 34.5 Å². The smallest absolute Gasteiger partial charge is 0.326 e. The van der Waals surface area contributed by atoms with Crippen LogP contribution in [0.5, 0.6) is 5.75 Å². The number of guanidine groups is 1. The van der Waals surface area contributed by atoms with Crippen LogP contribution in [-0.4, -0.2) is 82.3 Å². The number of hydrogen-bond acceptors (Lipinski definition) is 8. The van der Waals surface area contributed by atoms with Gasteiger partial charge in [-0.3, -0.25) is 19.4 Å². The second-order valence-electron chi connectivity index (χ2n) is 8.94. The number of aliphatic carboxylic acids is 1. The van der Waals surface area contributed by atoms with E-state index in [1.165, 1.54) is 12.1 Å². The molecule has 0 aliphatic rings. The number of carbonyl (C=O) groups excluding carboxylic acids is 3. The Morgan fingerprint density at radius 2 is 1.58 bits per heavy atom. The number of aliphatic hydroxyl groups excluding tert-OH is 1. The van der Waals surface area contributed by atoms with E-state index in [4.69, 9.17) is 17.2 Å². The molecule has 14 nitrogen and oxygen atoms in total. The van der Waals surface area contributed by atoms with Gasteiger partial charge in [0.1, 0.15) is 29.9 Å². The van der Waals surface area contributed by atoms with Crippen LogP contribution in [0.4, 0.5) is 0 Å². The number of rotatable bonds is 16. The van der Waals surface area contributed by atoms with E-state index in [0.717, 1.165) is 0 Å². The number of phenols is 1. The van der Waals surface area contributed by atoms with Crippen molar-refractivity contribution >= 4 is 29.7 Å². The molecule has 0 radical (unpaired) electrons. The van der Waals surface area contributed by atoms with Crippen molar-refractivity contribution in [3.63, 3.8) is 0 Å². The summed E-state index contributed by atoms with van der Waals surface area (Å²) in [5, 5.41) is 35.8. The summed E-state index contributed by atoms with van der Waals surface area (Å²) in [5.41, 5.74) is 16.7. The lowest BCUT2D eigenvalue weighted by Crippen LogP contribution is -2.59. The molecule has 0 bridgehead atoms. The fourth-order valence-corrected chi connectivity index (χ4v) is 3.42. The van der Waals surface area contributed by atoms with Crippen LogP contribution < -0.4 is 33.2 Å². The molecule has 0 aliphatic carbocycles. The Morgan fingerprint density at radius 1 is 0.974 bits per heavy atom. The number of hydrogen-bond donors (Lipinski definition) is 9. The Balaban J connectivity index is 3.08. The molecule has 212 valence electrons. The van der Waals surface area contributed by atoms with Crippen molar-refractivity contribution in [3.05, 3.63) is 29.8 Å². The highest BCUT2D eigenvalue weighted by atomic mass is 16.4. The van der Waals surface area contributed by atoms with Gasteiger partial charge in [0.2, 0.25) is 17.7 Å². The number of nitrogens with zero attached hydrogens (tertiary/aromatic N) is 1. The molecule has 1 aromatic rings. The number of aromatic hydroxyl groups is 1. The van der Waals surface area contributed by atoms with Gasteiger partial charge in [0.05, 0.1) is 6.61 Å². The standard InChI is InChI=1S/C24H39N7O7/c1-3-13(2)19(22(36)29-17(23(37)38)5-4-10-28-24(26)27)31-21(35)18(30-20(34)16(25)12-32)11-14-6-8-15(33)9-7-14/h6-9,13,16-19,32-33H,3-5,10-12,25H2,1-2H3,(H,29,36)(H,30,34)(H,31,35)(H,37,38)(H4,26,27,28). The molecule has 0 spiro atoms. The SMILES string of the molecule is CCC(C)C(NC(=O)C(Cc1ccc(O)cc1)NC(=O)C(N)CO)C(=O)NC(CCCN=C(N)N)C(=O)O. The van der Waals surface area contributed by atoms with Crippen LogP contribution in [-0.2, 0) is 25.6 Å². The molecule has 5 atom stereocenters. The van der Waals surface area contributed by atoms with Crippen molar-refractivity contribution in [2.75, 3.05) is 13.2 Å². The van der Waals surface area contributed by atoms with Crippen LogP contribution in [0.15, 0.2) is 29.3 Å². The Morgan fingerprint density at radius 3 is 2.11 bits per heavy atom. The predicted molar refractivity (Wildman–Crippen MR) is 140 cm³/mol. The number of nitrogens with two attached hydrogens (primary N) is 3. The number of carboxylic acids is 1. The number of amides is 3. The van der Waals surface area contributed by atoms with Crippen LogP contribution in [0.3, 0.4) is 0 Å². The summed E-state index contributed by atoms with van der Waals surface area (Å²) in [6.45, 7) is 3.06. The summed E-state index contributed by atoms with van der Waals surface area (Å²) in [7, 11) is 0. The van der Waals surface area contributed by atoms with Gasteiger partial charge in [-0.25, -0.2) is 4.79 Å². The number of benzene rings is 1. The van der Waals surface area contributed by atoms with E-state index < -0.39 is 54.5 Å². The molecule has 0 aliphatic heterocycles. The van der Waals surface area contributed by atoms with Crippen molar-refractivity contribution in [3.8, 4) is 5.75 Å². The third-order valence-corrected chi connectivity index (χ3v) is 5.90.